The lowest BCUT2D eigenvalue weighted by atomic mass is 9.85. The molecule has 0 atom stereocenters. The van der Waals surface area contributed by atoms with Crippen LogP contribution < -0.4 is 5.32 Å². The number of rotatable bonds is 6. The van der Waals surface area contributed by atoms with Crippen LogP contribution in [0.2, 0.25) is 0 Å². The van der Waals surface area contributed by atoms with E-state index in [1.165, 1.54) is 76.8 Å². The number of nitrogens with zero attached hydrogens (tertiary/aromatic N) is 1. The van der Waals surface area contributed by atoms with Gasteiger partial charge in [0.2, 0.25) is 0 Å². The zero-order valence-electron chi connectivity index (χ0n) is 33.5. The van der Waals surface area contributed by atoms with Crippen LogP contribution in [0.4, 0.5) is 17.1 Å². The van der Waals surface area contributed by atoms with Crippen LogP contribution in [0.15, 0.2) is 193 Å². The monoisotopic (exact) mass is 758 g/mol. The SMILES string of the molecule is C=Nc1ccccc1Nc1ccc(-c2ccc(-c3c4ccccc4c(-c4ccc5ccccc5c4)c4ccccc34)cc2)cc1C.CC.CS.Cc1ccccc1. The molecule has 0 spiro atoms. The van der Waals surface area contributed by atoms with Crippen molar-refractivity contribution in [3.05, 3.63) is 199 Å². The maximum Gasteiger partial charge on any atom is 0.0857 e. The van der Waals surface area contributed by atoms with Gasteiger partial charge in [-0.05, 0) is 128 Å². The summed E-state index contributed by atoms with van der Waals surface area (Å²) in [7, 11) is 0. The Bertz CT molecular complexity index is 2680. The molecule has 57 heavy (non-hydrogen) atoms. The molecule has 0 aliphatic carbocycles. The van der Waals surface area contributed by atoms with E-state index < -0.39 is 0 Å². The molecule has 0 bridgehead atoms. The first-order valence-corrected chi connectivity index (χ1v) is 20.4. The predicted octanol–water partition coefficient (Wildman–Crippen LogP) is 16.1. The van der Waals surface area contributed by atoms with Crippen LogP contribution in [0.1, 0.15) is 25.0 Å². The van der Waals surface area contributed by atoms with E-state index in [4.69, 9.17) is 0 Å². The van der Waals surface area contributed by atoms with Gasteiger partial charge in [-0.25, -0.2) is 0 Å². The first-order chi connectivity index (χ1) is 28.1. The fourth-order valence-corrected chi connectivity index (χ4v) is 7.30. The lowest BCUT2D eigenvalue weighted by Gasteiger charge is -2.18. The number of aryl methyl sites for hydroxylation is 2. The Balaban J connectivity index is 0.000000442. The van der Waals surface area contributed by atoms with Crippen molar-refractivity contribution in [2.75, 3.05) is 11.6 Å². The third-order valence-corrected chi connectivity index (χ3v) is 9.99. The number of para-hydroxylation sites is 2. The van der Waals surface area contributed by atoms with Crippen molar-refractivity contribution in [1.82, 2.24) is 0 Å². The largest absolute Gasteiger partial charge is 0.354 e. The minimum atomic E-state index is 0.840. The second-order valence-electron chi connectivity index (χ2n) is 13.5. The van der Waals surface area contributed by atoms with Gasteiger partial charge in [0.25, 0.3) is 0 Å². The van der Waals surface area contributed by atoms with Crippen LogP contribution >= 0.6 is 12.6 Å². The van der Waals surface area contributed by atoms with E-state index in [2.05, 4.69) is 189 Å². The van der Waals surface area contributed by atoms with Crippen LogP contribution in [0.25, 0.3) is 65.7 Å². The number of fused-ring (bicyclic) bond motifs is 3. The molecule has 0 fully saturated rings. The standard InChI is InChI=1S/C44H32N2.C7H8.C2H6.CH4S/c1-29-27-34(25-26-40(29)46-42-18-10-9-17-41(42)45-2)31-19-22-32(23-20-31)43-36-13-5-7-15-38(36)44(39-16-8-6-14-37(39)43)35-24-21-30-11-3-4-12-33(30)28-35;1-7-5-3-2-4-6-7;2*1-2/h3-28,46H,2H2,1H3;2-6H,1H3;1-2H3;2H,1H3. The van der Waals surface area contributed by atoms with Gasteiger partial charge in [0.1, 0.15) is 0 Å². The molecule has 0 saturated carbocycles. The average Bonchev–Trinajstić information content (AvgIpc) is 3.28. The number of thiol groups is 1. The molecule has 9 aromatic carbocycles. The van der Waals surface area contributed by atoms with Crippen molar-refractivity contribution in [2.45, 2.75) is 27.7 Å². The summed E-state index contributed by atoms with van der Waals surface area (Å²) < 4.78 is 0. The van der Waals surface area contributed by atoms with Crippen molar-refractivity contribution in [3.63, 3.8) is 0 Å². The van der Waals surface area contributed by atoms with Gasteiger partial charge in [0.15, 0.2) is 0 Å². The van der Waals surface area contributed by atoms with Crippen molar-refractivity contribution >= 4 is 68.7 Å². The van der Waals surface area contributed by atoms with Gasteiger partial charge in [-0.15, -0.1) is 0 Å². The summed E-state index contributed by atoms with van der Waals surface area (Å²) in [6.45, 7) is 11.9. The van der Waals surface area contributed by atoms with Crippen molar-refractivity contribution in [1.29, 1.82) is 0 Å². The highest BCUT2D eigenvalue weighted by atomic mass is 32.1. The van der Waals surface area contributed by atoms with E-state index in [1.54, 1.807) is 6.26 Å². The second kappa shape index (κ2) is 19.4. The second-order valence-corrected chi connectivity index (χ2v) is 13.5. The number of benzene rings is 9. The molecule has 0 heterocycles. The van der Waals surface area contributed by atoms with E-state index >= 15 is 0 Å². The Labute approximate surface area is 344 Å². The molecule has 3 heteroatoms. The molecule has 1 N–H and O–H groups in total. The van der Waals surface area contributed by atoms with Crippen LogP contribution in [0.5, 0.6) is 0 Å². The smallest absolute Gasteiger partial charge is 0.0857 e. The molecule has 9 rings (SSSR count). The summed E-state index contributed by atoms with van der Waals surface area (Å²) >= 11 is 3.53. The predicted molar refractivity (Wildman–Crippen MR) is 256 cm³/mol. The zero-order chi connectivity index (χ0) is 40.1. The molecule has 0 aliphatic heterocycles. The number of hydrogen-bond acceptors (Lipinski definition) is 3. The molecule has 0 unspecified atom stereocenters. The highest BCUT2D eigenvalue weighted by Gasteiger charge is 2.17. The number of hydrogen-bond donors (Lipinski definition) is 2. The fraction of sp³-hybridized carbons (Fsp3) is 0.0926. The quantitative estimate of drug-likeness (QED) is 0.0985. The molecule has 0 radical (unpaired) electrons. The molecule has 0 saturated heterocycles. The summed E-state index contributed by atoms with van der Waals surface area (Å²) in [6, 6.07) is 66.9. The highest BCUT2D eigenvalue weighted by Crippen LogP contribution is 2.44. The third-order valence-electron chi connectivity index (χ3n) is 9.99. The minimum absolute atomic E-state index is 0.840. The summed E-state index contributed by atoms with van der Waals surface area (Å²) in [5, 5.41) is 11.1. The van der Waals surface area contributed by atoms with Gasteiger partial charge in [-0.1, -0.05) is 177 Å². The Morgan fingerprint density at radius 3 is 1.46 bits per heavy atom. The summed E-state index contributed by atoms with van der Waals surface area (Å²) in [4.78, 5) is 4.15. The maximum absolute atomic E-state index is 4.15. The molecule has 0 aliphatic rings. The van der Waals surface area contributed by atoms with E-state index in [0.717, 1.165) is 17.1 Å². The number of anilines is 2. The van der Waals surface area contributed by atoms with Gasteiger partial charge in [-0.2, -0.15) is 12.6 Å². The average molecular weight is 759 g/mol. The van der Waals surface area contributed by atoms with Crippen molar-refractivity contribution in [2.24, 2.45) is 4.99 Å². The van der Waals surface area contributed by atoms with Crippen molar-refractivity contribution < 1.29 is 0 Å². The highest BCUT2D eigenvalue weighted by molar-refractivity contribution is 7.79. The number of aliphatic imine (C=N–C) groups is 1. The van der Waals surface area contributed by atoms with Gasteiger partial charge < -0.3 is 5.32 Å². The van der Waals surface area contributed by atoms with E-state index in [1.807, 2.05) is 56.3 Å². The molecule has 0 aromatic heterocycles. The van der Waals surface area contributed by atoms with E-state index in [9.17, 15) is 0 Å². The van der Waals surface area contributed by atoms with Gasteiger partial charge in [-0.3, -0.25) is 4.99 Å². The van der Waals surface area contributed by atoms with Crippen LogP contribution in [-0.4, -0.2) is 13.0 Å². The zero-order valence-corrected chi connectivity index (χ0v) is 34.4. The van der Waals surface area contributed by atoms with Gasteiger partial charge >= 0.3 is 0 Å². The van der Waals surface area contributed by atoms with E-state index in [0.29, 0.717) is 0 Å². The minimum Gasteiger partial charge on any atom is -0.354 e. The summed E-state index contributed by atoms with van der Waals surface area (Å²) in [5.74, 6) is 0. The third kappa shape index (κ3) is 9.02. The lowest BCUT2D eigenvalue weighted by molar-refractivity contribution is 1.42. The molecule has 2 nitrogen and oxygen atoms in total. The molecule has 0 amide bonds. The van der Waals surface area contributed by atoms with Crippen molar-refractivity contribution in [3.8, 4) is 33.4 Å². The maximum atomic E-state index is 4.15. The Kier molecular flexibility index (Phi) is 13.7. The molecular formula is C54H50N2S. The fourth-order valence-electron chi connectivity index (χ4n) is 7.30. The normalized spacial score (nSPS) is 10.4. The molecular weight excluding hydrogens is 709 g/mol. The first kappa shape index (κ1) is 40.2. The molecule has 282 valence electrons. The Morgan fingerprint density at radius 2 is 0.895 bits per heavy atom. The summed E-state index contributed by atoms with van der Waals surface area (Å²) in [6.07, 6.45) is 1.69. The lowest BCUT2D eigenvalue weighted by Crippen LogP contribution is -1.94. The van der Waals surface area contributed by atoms with Crippen LogP contribution in [-0.2, 0) is 0 Å². The number of nitrogens with one attached hydrogen (secondary N) is 1. The van der Waals surface area contributed by atoms with Crippen LogP contribution in [0, 0.1) is 13.8 Å². The Hall–Kier alpha value is -6.42. The van der Waals surface area contributed by atoms with Gasteiger partial charge in [0.05, 0.1) is 11.4 Å². The summed E-state index contributed by atoms with van der Waals surface area (Å²) in [5.41, 5.74) is 12.7. The topological polar surface area (TPSA) is 24.4 Å². The van der Waals surface area contributed by atoms with E-state index in [-0.39, 0.29) is 0 Å². The van der Waals surface area contributed by atoms with Gasteiger partial charge in [0, 0.05) is 5.69 Å². The van der Waals surface area contributed by atoms with Crippen LogP contribution in [0.3, 0.4) is 0 Å². The molecule has 9 aromatic rings. The first-order valence-electron chi connectivity index (χ1n) is 19.5. The Morgan fingerprint density at radius 1 is 0.421 bits per heavy atom.